The maximum Gasteiger partial charge on any atom is 0.257 e. The molecule has 1 aromatic carbocycles. The Kier molecular flexibility index (Phi) is 2.38. The van der Waals surface area contributed by atoms with Gasteiger partial charge in [0.2, 0.25) is 0 Å². The van der Waals surface area contributed by atoms with Crippen molar-refractivity contribution in [2.45, 2.75) is 0 Å². The third-order valence-corrected chi connectivity index (χ3v) is 3.45. The summed E-state index contributed by atoms with van der Waals surface area (Å²) in [6.07, 6.45) is 3.22. The summed E-state index contributed by atoms with van der Waals surface area (Å²) in [5.74, 6) is -0.108. The number of rotatable bonds is 2. The molecule has 84 valence electrons. The fourth-order valence-electron chi connectivity index (χ4n) is 1.67. The van der Waals surface area contributed by atoms with Crippen LogP contribution in [0.4, 0.5) is 5.69 Å². The average Bonchev–Trinajstić information content (AvgIpc) is 2.96. The Morgan fingerprint density at radius 2 is 2.24 bits per heavy atom. The molecule has 2 heterocycles. The smallest absolute Gasteiger partial charge is 0.257 e. The number of benzene rings is 1. The number of carbonyl (C=O) groups excluding carboxylic acids is 1. The molecule has 0 aliphatic heterocycles. The van der Waals surface area contributed by atoms with E-state index >= 15 is 0 Å². The first kappa shape index (κ1) is 10.0. The Bertz CT molecular complexity index is 657. The van der Waals surface area contributed by atoms with Gasteiger partial charge in [0.05, 0.1) is 17.4 Å². The lowest BCUT2D eigenvalue weighted by atomic mass is 10.1. The maximum absolute atomic E-state index is 12.0. The second-order valence-electron chi connectivity index (χ2n) is 3.59. The number of thiophene rings is 1. The van der Waals surface area contributed by atoms with E-state index in [1.165, 1.54) is 0 Å². The Balaban J connectivity index is 1.96. The van der Waals surface area contributed by atoms with Crippen LogP contribution in [0.15, 0.2) is 42.0 Å². The lowest BCUT2D eigenvalue weighted by molar-refractivity contribution is 0.102. The summed E-state index contributed by atoms with van der Waals surface area (Å²) in [7, 11) is 0. The van der Waals surface area contributed by atoms with Gasteiger partial charge in [-0.15, -0.1) is 11.3 Å². The molecule has 0 aliphatic carbocycles. The van der Waals surface area contributed by atoms with Crippen LogP contribution in [0.1, 0.15) is 10.4 Å². The number of amides is 1. The Labute approximate surface area is 101 Å². The van der Waals surface area contributed by atoms with Crippen LogP contribution in [-0.4, -0.2) is 16.1 Å². The predicted octanol–water partition coefficient (Wildman–Crippen LogP) is 2.88. The lowest BCUT2D eigenvalue weighted by Crippen LogP contribution is -2.10. The fraction of sp³-hybridized carbons (Fsp3) is 0. The molecular weight excluding hydrogens is 234 g/mol. The third-order valence-electron chi connectivity index (χ3n) is 2.48. The number of carbonyl (C=O) groups is 1. The molecule has 0 saturated carbocycles. The summed E-state index contributed by atoms with van der Waals surface area (Å²) in [6.45, 7) is 0. The topological polar surface area (TPSA) is 57.8 Å². The number of anilines is 1. The van der Waals surface area contributed by atoms with Gasteiger partial charge in [0.25, 0.3) is 5.91 Å². The van der Waals surface area contributed by atoms with Gasteiger partial charge >= 0.3 is 0 Å². The second-order valence-corrected chi connectivity index (χ2v) is 4.50. The summed E-state index contributed by atoms with van der Waals surface area (Å²) < 4.78 is 1.12. The van der Waals surface area contributed by atoms with Gasteiger partial charge in [-0.05, 0) is 6.07 Å². The molecule has 0 atom stereocenters. The van der Waals surface area contributed by atoms with Crippen molar-refractivity contribution in [1.82, 2.24) is 10.2 Å². The standard InChI is InChI=1S/C12H9N3OS/c16-12(15-8-5-13-14-6-8)10-7-17-11-4-2-1-3-9(10)11/h1-7H,(H,13,14)(H,15,16). The van der Waals surface area contributed by atoms with E-state index in [0.717, 1.165) is 10.1 Å². The fourth-order valence-corrected chi connectivity index (χ4v) is 2.61. The van der Waals surface area contributed by atoms with Gasteiger partial charge in [-0.25, -0.2) is 0 Å². The number of hydrogen-bond acceptors (Lipinski definition) is 3. The number of aromatic nitrogens is 2. The molecule has 1 amide bonds. The zero-order valence-electron chi connectivity index (χ0n) is 8.81. The third kappa shape index (κ3) is 1.81. The molecule has 0 saturated heterocycles. The number of nitrogens with zero attached hydrogens (tertiary/aromatic N) is 1. The Hall–Kier alpha value is -2.14. The van der Waals surface area contributed by atoms with Crippen LogP contribution >= 0.6 is 11.3 Å². The van der Waals surface area contributed by atoms with Gasteiger partial charge in [-0.3, -0.25) is 9.89 Å². The van der Waals surface area contributed by atoms with Gasteiger partial charge < -0.3 is 5.32 Å². The summed E-state index contributed by atoms with van der Waals surface area (Å²) in [5, 5.41) is 12.1. The van der Waals surface area contributed by atoms with E-state index in [1.807, 2.05) is 29.6 Å². The molecule has 5 heteroatoms. The van der Waals surface area contributed by atoms with E-state index in [1.54, 1.807) is 23.7 Å². The van der Waals surface area contributed by atoms with Crippen molar-refractivity contribution in [1.29, 1.82) is 0 Å². The SMILES string of the molecule is O=C(Nc1cn[nH]c1)c1csc2ccccc12. The number of H-pyrrole nitrogens is 1. The minimum atomic E-state index is -0.108. The van der Waals surface area contributed by atoms with Crippen molar-refractivity contribution in [2.24, 2.45) is 0 Å². The first-order chi connectivity index (χ1) is 8.34. The molecule has 2 aromatic heterocycles. The molecule has 17 heavy (non-hydrogen) atoms. The predicted molar refractivity (Wildman–Crippen MR) is 68.4 cm³/mol. The monoisotopic (exact) mass is 243 g/mol. The van der Waals surface area contributed by atoms with Gasteiger partial charge in [-0.2, -0.15) is 5.10 Å². The minimum Gasteiger partial charge on any atom is -0.319 e. The van der Waals surface area contributed by atoms with Crippen molar-refractivity contribution in [3.8, 4) is 0 Å². The van der Waals surface area contributed by atoms with Gasteiger partial charge in [0.15, 0.2) is 0 Å². The minimum absolute atomic E-state index is 0.108. The van der Waals surface area contributed by atoms with Crippen molar-refractivity contribution in [2.75, 3.05) is 5.32 Å². The summed E-state index contributed by atoms with van der Waals surface area (Å²) in [5.41, 5.74) is 1.37. The number of fused-ring (bicyclic) bond motifs is 1. The van der Waals surface area contributed by atoms with Crippen LogP contribution in [-0.2, 0) is 0 Å². The molecule has 3 rings (SSSR count). The van der Waals surface area contributed by atoms with E-state index in [9.17, 15) is 4.79 Å². The number of hydrogen-bond donors (Lipinski definition) is 2. The zero-order chi connectivity index (χ0) is 11.7. The van der Waals surface area contributed by atoms with Crippen LogP contribution in [0, 0.1) is 0 Å². The first-order valence-corrected chi connectivity index (χ1v) is 5.99. The molecule has 0 bridgehead atoms. The highest BCUT2D eigenvalue weighted by Crippen LogP contribution is 2.26. The largest absolute Gasteiger partial charge is 0.319 e. The Morgan fingerprint density at radius 1 is 1.35 bits per heavy atom. The van der Waals surface area contributed by atoms with E-state index < -0.39 is 0 Å². The average molecular weight is 243 g/mol. The van der Waals surface area contributed by atoms with Gasteiger partial charge in [-0.1, -0.05) is 18.2 Å². The molecule has 2 N–H and O–H groups in total. The zero-order valence-corrected chi connectivity index (χ0v) is 9.62. The highest BCUT2D eigenvalue weighted by atomic mass is 32.1. The number of aromatic amines is 1. The molecule has 0 radical (unpaired) electrons. The molecule has 0 aliphatic rings. The van der Waals surface area contributed by atoms with Crippen molar-refractivity contribution >= 4 is 33.0 Å². The highest BCUT2D eigenvalue weighted by molar-refractivity contribution is 7.17. The highest BCUT2D eigenvalue weighted by Gasteiger charge is 2.12. The van der Waals surface area contributed by atoms with Crippen molar-refractivity contribution in [3.63, 3.8) is 0 Å². The van der Waals surface area contributed by atoms with Crippen LogP contribution < -0.4 is 5.32 Å². The summed E-state index contributed by atoms with van der Waals surface area (Å²) >= 11 is 1.57. The van der Waals surface area contributed by atoms with Crippen molar-refractivity contribution < 1.29 is 4.79 Å². The number of nitrogens with one attached hydrogen (secondary N) is 2. The molecule has 0 fully saturated rings. The van der Waals surface area contributed by atoms with E-state index in [0.29, 0.717) is 11.3 Å². The molecular formula is C12H9N3OS. The van der Waals surface area contributed by atoms with Gasteiger partial charge in [0, 0.05) is 21.7 Å². The maximum atomic E-state index is 12.0. The second kappa shape index (κ2) is 4.03. The van der Waals surface area contributed by atoms with E-state index in [-0.39, 0.29) is 5.91 Å². The summed E-state index contributed by atoms with van der Waals surface area (Å²) in [4.78, 5) is 12.0. The molecule has 4 nitrogen and oxygen atoms in total. The lowest BCUT2D eigenvalue weighted by Gasteiger charge is -2.00. The van der Waals surface area contributed by atoms with Crippen molar-refractivity contribution in [3.05, 3.63) is 47.6 Å². The molecule has 3 aromatic rings. The van der Waals surface area contributed by atoms with Gasteiger partial charge in [0.1, 0.15) is 0 Å². The van der Waals surface area contributed by atoms with Crippen LogP contribution in [0.25, 0.3) is 10.1 Å². The van der Waals surface area contributed by atoms with E-state index in [4.69, 9.17) is 0 Å². The van der Waals surface area contributed by atoms with Crippen LogP contribution in [0.2, 0.25) is 0 Å². The van der Waals surface area contributed by atoms with Crippen LogP contribution in [0.3, 0.4) is 0 Å². The van der Waals surface area contributed by atoms with E-state index in [2.05, 4.69) is 15.5 Å². The molecule has 0 spiro atoms. The molecule has 0 unspecified atom stereocenters. The Morgan fingerprint density at radius 3 is 3.06 bits per heavy atom. The summed E-state index contributed by atoms with van der Waals surface area (Å²) in [6, 6.07) is 7.87. The normalized spacial score (nSPS) is 10.6. The van der Waals surface area contributed by atoms with Crippen LogP contribution in [0.5, 0.6) is 0 Å². The quantitative estimate of drug-likeness (QED) is 0.727. The first-order valence-electron chi connectivity index (χ1n) is 5.11.